The minimum Gasteiger partial charge on any atom is -0.332 e. The molecule has 2 aliphatic heterocycles. The van der Waals surface area contributed by atoms with Gasteiger partial charge in [0.25, 0.3) is 5.91 Å². The molecule has 2 aromatic rings. The number of benzene rings is 1. The Morgan fingerprint density at radius 2 is 1.92 bits per heavy atom. The van der Waals surface area contributed by atoms with Crippen LogP contribution in [0.25, 0.3) is 5.69 Å². The van der Waals surface area contributed by atoms with Gasteiger partial charge in [0.2, 0.25) is 0 Å². The van der Waals surface area contributed by atoms with Crippen molar-refractivity contribution in [3.05, 3.63) is 42.5 Å². The van der Waals surface area contributed by atoms with E-state index < -0.39 is 9.84 Å². The molecule has 25 heavy (non-hydrogen) atoms. The summed E-state index contributed by atoms with van der Waals surface area (Å²) in [5.41, 5.74) is 1.14. The van der Waals surface area contributed by atoms with Gasteiger partial charge in [-0.25, -0.2) is 18.1 Å². The molecule has 2 fully saturated rings. The SMILES string of the molecule is CN1CCN(C(=O)c2ccccc2-n2cncn2)[C@H]2CS(=O)(=O)C[C@H]21. The molecule has 3 heterocycles. The van der Waals surface area contributed by atoms with Crippen molar-refractivity contribution in [2.45, 2.75) is 12.1 Å². The van der Waals surface area contributed by atoms with Gasteiger partial charge in [-0.15, -0.1) is 0 Å². The van der Waals surface area contributed by atoms with Crippen LogP contribution in [0.15, 0.2) is 36.9 Å². The van der Waals surface area contributed by atoms with Gasteiger partial charge in [-0.3, -0.25) is 9.69 Å². The summed E-state index contributed by atoms with van der Waals surface area (Å²) < 4.78 is 25.8. The van der Waals surface area contributed by atoms with Crippen molar-refractivity contribution in [3.8, 4) is 5.69 Å². The summed E-state index contributed by atoms with van der Waals surface area (Å²) in [7, 11) is -1.21. The third kappa shape index (κ3) is 2.83. The van der Waals surface area contributed by atoms with E-state index in [1.165, 1.54) is 6.33 Å². The summed E-state index contributed by atoms with van der Waals surface area (Å²) in [6, 6.07) is 6.74. The monoisotopic (exact) mass is 361 g/mol. The van der Waals surface area contributed by atoms with Crippen molar-refractivity contribution >= 4 is 15.7 Å². The molecule has 8 nitrogen and oxygen atoms in total. The maximum Gasteiger partial charge on any atom is 0.256 e. The Kier molecular flexibility index (Phi) is 3.84. The standard InChI is InChI=1S/C16H19N5O3S/c1-19-6-7-20(15-9-25(23,24)8-14(15)19)16(22)12-4-2-3-5-13(12)21-11-17-10-18-21/h2-5,10-11,14-15H,6-9H2,1H3/t14-,15+/m1/s1. The van der Waals surface area contributed by atoms with Gasteiger partial charge in [0.15, 0.2) is 9.84 Å². The molecule has 9 heteroatoms. The number of piperazine rings is 1. The van der Waals surface area contributed by atoms with E-state index in [1.54, 1.807) is 34.1 Å². The van der Waals surface area contributed by atoms with E-state index in [0.29, 0.717) is 24.3 Å². The van der Waals surface area contributed by atoms with Crippen LogP contribution >= 0.6 is 0 Å². The van der Waals surface area contributed by atoms with Gasteiger partial charge in [0.05, 0.1) is 28.8 Å². The van der Waals surface area contributed by atoms with E-state index in [-0.39, 0.29) is 29.5 Å². The van der Waals surface area contributed by atoms with E-state index in [9.17, 15) is 13.2 Å². The number of nitrogens with zero attached hydrogens (tertiary/aromatic N) is 5. The molecule has 1 amide bonds. The maximum atomic E-state index is 13.2. The Balaban J connectivity index is 1.70. The number of hydrogen-bond acceptors (Lipinski definition) is 6. The Bertz CT molecular complexity index is 896. The van der Waals surface area contributed by atoms with Crippen LogP contribution in [0.3, 0.4) is 0 Å². The second-order valence-corrected chi connectivity index (χ2v) is 8.70. The van der Waals surface area contributed by atoms with Crippen LogP contribution in [0, 0.1) is 0 Å². The number of carbonyl (C=O) groups is 1. The zero-order valence-electron chi connectivity index (χ0n) is 13.8. The molecule has 0 aliphatic carbocycles. The molecule has 1 aromatic heterocycles. The first-order valence-electron chi connectivity index (χ1n) is 8.12. The average molecular weight is 361 g/mol. The van der Waals surface area contributed by atoms with Crippen LogP contribution < -0.4 is 0 Å². The maximum absolute atomic E-state index is 13.2. The number of rotatable bonds is 2. The predicted molar refractivity (Wildman–Crippen MR) is 91.3 cm³/mol. The lowest BCUT2D eigenvalue weighted by Crippen LogP contribution is -2.59. The zero-order chi connectivity index (χ0) is 17.6. The average Bonchev–Trinajstić information content (AvgIpc) is 3.22. The summed E-state index contributed by atoms with van der Waals surface area (Å²) >= 11 is 0. The Labute approximate surface area is 146 Å². The first kappa shape index (κ1) is 16.2. The summed E-state index contributed by atoms with van der Waals surface area (Å²) in [4.78, 5) is 20.9. The van der Waals surface area contributed by atoms with Crippen molar-refractivity contribution in [1.29, 1.82) is 0 Å². The normalized spacial score (nSPS) is 25.7. The number of likely N-dealkylation sites (N-methyl/N-ethyl adjacent to an activating group) is 1. The fourth-order valence-corrected chi connectivity index (χ4v) is 5.78. The van der Waals surface area contributed by atoms with Crippen molar-refractivity contribution in [2.24, 2.45) is 0 Å². The molecule has 4 rings (SSSR count). The summed E-state index contributed by atoms with van der Waals surface area (Å²) in [6.07, 6.45) is 2.95. The second-order valence-electron chi connectivity index (χ2n) is 6.55. The van der Waals surface area contributed by atoms with Crippen molar-refractivity contribution in [2.75, 3.05) is 31.6 Å². The number of carbonyl (C=O) groups excluding carboxylic acids is 1. The Morgan fingerprint density at radius 1 is 1.16 bits per heavy atom. The van der Waals surface area contributed by atoms with E-state index in [1.807, 2.05) is 18.0 Å². The number of fused-ring (bicyclic) bond motifs is 1. The Morgan fingerprint density at radius 3 is 2.68 bits per heavy atom. The van der Waals surface area contributed by atoms with Gasteiger partial charge in [-0.1, -0.05) is 12.1 Å². The number of para-hydroxylation sites is 1. The van der Waals surface area contributed by atoms with E-state index >= 15 is 0 Å². The van der Waals surface area contributed by atoms with Crippen molar-refractivity contribution in [1.82, 2.24) is 24.6 Å². The molecule has 0 radical (unpaired) electrons. The molecule has 0 bridgehead atoms. The van der Waals surface area contributed by atoms with Crippen molar-refractivity contribution in [3.63, 3.8) is 0 Å². The van der Waals surface area contributed by atoms with Gasteiger partial charge >= 0.3 is 0 Å². The Hall–Kier alpha value is -2.26. The highest BCUT2D eigenvalue weighted by molar-refractivity contribution is 7.91. The van der Waals surface area contributed by atoms with Crippen LogP contribution in [-0.2, 0) is 9.84 Å². The quantitative estimate of drug-likeness (QED) is 0.737. The second kappa shape index (κ2) is 5.92. The lowest BCUT2D eigenvalue weighted by atomic mass is 10.0. The largest absolute Gasteiger partial charge is 0.332 e. The van der Waals surface area contributed by atoms with E-state index in [4.69, 9.17) is 0 Å². The van der Waals surface area contributed by atoms with Crippen LogP contribution in [0.5, 0.6) is 0 Å². The highest BCUT2D eigenvalue weighted by Gasteiger charge is 2.47. The fourth-order valence-electron chi connectivity index (χ4n) is 3.72. The molecule has 2 atom stereocenters. The summed E-state index contributed by atoms with van der Waals surface area (Å²) in [5.74, 6) is -0.0201. The van der Waals surface area contributed by atoms with Crippen LogP contribution in [0.1, 0.15) is 10.4 Å². The smallest absolute Gasteiger partial charge is 0.256 e. The van der Waals surface area contributed by atoms with Gasteiger partial charge in [0, 0.05) is 19.1 Å². The molecule has 0 spiro atoms. The molecule has 0 N–H and O–H groups in total. The highest BCUT2D eigenvalue weighted by atomic mass is 32.2. The molecule has 2 aliphatic rings. The lowest BCUT2D eigenvalue weighted by molar-refractivity contribution is 0.0410. The minimum absolute atomic E-state index is 0.0270. The molecular weight excluding hydrogens is 342 g/mol. The van der Waals surface area contributed by atoms with E-state index in [2.05, 4.69) is 10.1 Å². The summed E-state index contributed by atoms with van der Waals surface area (Å²) in [6.45, 7) is 1.17. The minimum atomic E-state index is -3.13. The number of hydrogen-bond donors (Lipinski definition) is 0. The van der Waals surface area contributed by atoms with Gasteiger partial charge in [0.1, 0.15) is 12.7 Å². The third-order valence-corrected chi connectivity index (χ3v) is 6.71. The predicted octanol–water partition coefficient (Wildman–Crippen LogP) is -0.179. The first-order chi connectivity index (χ1) is 12.0. The van der Waals surface area contributed by atoms with Gasteiger partial charge in [-0.05, 0) is 19.2 Å². The van der Waals surface area contributed by atoms with Gasteiger partial charge in [-0.2, -0.15) is 5.10 Å². The van der Waals surface area contributed by atoms with Gasteiger partial charge < -0.3 is 4.90 Å². The summed E-state index contributed by atoms with van der Waals surface area (Å²) in [5, 5.41) is 4.11. The van der Waals surface area contributed by atoms with E-state index in [0.717, 1.165) is 0 Å². The molecule has 132 valence electrons. The molecule has 0 unspecified atom stereocenters. The molecule has 0 saturated carbocycles. The molecular formula is C16H19N5O3S. The third-order valence-electron chi connectivity index (χ3n) is 5.01. The van der Waals surface area contributed by atoms with Crippen LogP contribution in [0.2, 0.25) is 0 Å². The lowest BCUT2D eigenvalue weighted by Gasteiger charge is -2.42. The number of amides is 1. The highest BCUT2D eigenvalue weighted by Crippen LogP contribution is 2.28. The van der Waals surface area contributed by atoms with Crippen molar-refractivity contribution < 1.29 is 13.2 Å². The topological polar surface area (TPSA) is 88.4 Å². The molecule has 2 saturated heterocycles. The fraction of sp³-hybridized carbons (Fsp3) is 0.438. The number of sulfone groups is 1. The van der Waals surface area contributed by atoms with Crippen LogP contribution in [0.4, 0.5) is 0 Å². The first-order valence-corrected chi connectivity index (χ1v) is 9.94. The number of aromatic nitrogens is 3. The molecule has 1 aromatic carbocycles. The zero-order valence-corrected chi connectivity index (χ0v) is 14.6. The van der Waals surface area contributed by atoms with Crippen LogP contribution in [-0.4, -0.2) is 82.6 Å².